The molecule has 2 aromatic rings. The van der Waals surface area contributed by atoms with Crippen molar-refractivity contribution in [1.82, 2.24) is 4.98 Å². The number of aromatic nitrogens is 1. The Balaban J connectivity index is 1.95. The Labute approximate surface area is 145 Å². The number of amides is 1. The zero-order valence-corrected chi connectivity index (χ0v) is 14.8. The third kappa shape index (κ3) is 5.03. The van der Waals surface area contributed by atoms with E-state index in [1.807, 2.05) is 24.3 Å². The third-order valence-corrected chi connectivity index (χ3v) is 4.30. The van der Waals surface area contributed by atoms with E-state index in [0.29, 0.717) is 22.3 Å². The van der Waals surface area contributed by atoms with Gasteiger partial charge in [-0.05, 0) is 37.1 Å². The number of carbonyl (C=O) groups excluding carboxylic acids is 2. The van der Waals surface area contributed by atoms with Gasteiger partial charge in [0, 0.05) is 13.0 Å². The van der Waals surface area contributed by atoms with Crippen molar-refractivity contribution in [2.45, 2.75) is 27.2 Å². The largest absolute Gasteiger partial charge is 0.494 e. The van der Waals surface area contributed by atoms with Crippen LogP contribution in [-0.2, 0) is 4.79 Å². The van der Waals surface area contributed by atoms with E-state index in [1.54, 1.807) is 13.0 Å². The lowest BCUT2D eigenvalue weighted by atomic mass is 10.2. The standard InChI is InChI=1S/C18H20N2O3S/c1-4-11-23-15-8-5-14(6-9-15)7-10-16(22)20-18-19-12(2)17(24-18)13(3)21/h5-10H,4,11H2,1-3H3,(H,19,20,22)/b10-7+. The average Bonchev–Trinajstić information content (AvgIpc) is 2.92. The molecule has 0 unspecified atom stereocenters. The second-order valence-corrected chi connectivity index (χ2v) is 6.23. The van der Waals surface area contributed by atoms with Gasteiger partial charge in [-0.25, -0.2) is 4.98 Å². The van der Waals surface area contributed by atoms with Gasteiger partial charge in [-0.15, -0.1) is 0 Å². The molecule has 5 nitrogen and oxygen atoms in total. The van der Waals surface area contributed by atoms with Gasteiger partial charge in [-0.2, -0.15) is 0 Å². The van der Waals surface area contributed by atoms with Gasteiger partial charge in [0.05, 0.1) is 17.2 Å². The molecule has 0 aliphatic rings. The van der Waals surface area contributed by atoms with Crippen molar-refractivity contribution in [2.75, 3.05) is 11.9 Å². The number of nitrogens with one attached hydrogen (secondary N) is 1. The number of Topliss-reactive ketones (excluding diaryl/α,β-unsaturated/α-hetero) is 1. The van der Waals surface area contributed by atoms with Gasteiger partial charge in [0.25, 0.3) is 0 Å². The second kappa shape index (κ2) is 8.40. The monoisotopic (exact) mass is 344 g/mol. The van der Waals surface area contributed by atoms with Crippen LogP contribution in [-0.4, -0.2) is 23.3 Å². The van der Waals surface area contributed by atoms with E-state index in [9.17, 15) is 9.59 Å². The van der Waals surface area contributed by atoms with Crippen LogP contribution in [0.1, 0.15) is 41.2 Å². The van der Waals surface area contributed by atoms with Gasteiger partial charge in [-0.1, -0.05) is 30.4 Å². The summed E-state index contributed by atoms with van der Waals surface area (Å²) in [6.07, 6.45) is 4.11. The molecule has 1 amide bonds. The summed E-state index contributed by atoms with van der Waals surface area (Å²) in [4.78, 5) is 28.1. The summed E-state index contributed by atoms with van der Waals surface area (Å²) in [7, 11) is 0. The lowest BCUT2D eigenvalue weighted by Gasteiger charge is -2.03. The van der Waals surface area contributed by atoms with Crippen molar-refractivity contribution in [3.05, 3.63) is 46.5 Å². The highest BCUT2D eigenvalue weighted by Gasteiger charge is 2.12. The van der Waals surface area contributed by atoms with Crippen molar-refractivity contribution in [2.24, 2.45) is 0 Å². The van der Waals surface area contributed by atoms with Crippen LogP contribution in [0.15, 0.2) is 30.3 Å². The number of hydrogen-bond acceptors (Lipinski definition) is 5. The van der Waals surface area contributed by atoms with Crippen LogP contribution in [0.5, 0.6) is 5.75 Å². The number of nitrogens with zero attached hydrogens (tertiary/aromatic N) is 1. The molecule has 0 saturated heterocycles. The number of aryl methyl sites for hydroxylation is 1. The van der Waals surface area contributed by atoms with Crippen molar-refractivity contribution < 1.29 is 14.3 Å². The molecule has 6 heteroatoms. The second-order valence-electron chi connectivity index (χ2n) is 5.23. The Morgan fingerprint density at radius 2 is 2.00 bits per heavy atom. The Hall–Kier alpha value is -2.47. The number of benzene rings is 1. The number of anilines is 1. The number of carbonyl (C=O) groups is 2. The summed E-state index contributed by atoms with van der Waals surface area (Å²) in [6.45, 7) is 5.98. The number of rotatable bonds is 7. The highest BCUT2D eigenvalue weighted by Crippen LogP contribution is 2.23. The van der Waals surface area contributed by atoms with Gasteiger partial charge in [-0.3, -0.25) is 14.9 Å². The predicted molar refractivity (Wildman–Crippen MR) is 96.7 cm³/mol. The number of hydrogen-bond donors (Lipinski definition) is 1. The minimum Gasteiger partial charge on any atom is -0.494 e. The molecule has 126 valence electrons. The number of thiazole rings is 1. The molecule has 1 aromatic carbocycles. The Kier molecular flexibility index (Phi) is 6.26. The minimum absolute atomic E-state index is 0.0496. The van der Waals surface area contributed by atoms with Gasteiger partial charge < -0.3 is 4.74 Å². The molecular weight excluding hydrogens is 324 g/mol. The summed E-state index contributed by atoms with van der Waals surface area (Å²) in [5.74, 6) is 0.477. The average molecular weight is 344 g/mol. The van der Waals surface area contributed by atoms with Crippen LogP contribution in [0.25, 0.3) is 6.08 Å². The highest BCUT2D eigenvalue weighted by atomic mass is 32.1. The van der Waals surface area contributed by atoms with E-state index < -0.39 is 0 Å². The highest BCUT2D eigenvalue weighted by molar-refractivity contribution is 7.17. The summed E-state index contributed by atoms with van der Waals surface area (Å²) >= 11 is 1.18. The third-order valence-electron chi connectivity index (χ3n) is 3.13. The first kappa shape index (κ1) is 17.9. The summed E-state index contributed by atoms with van der Waals surface area (Å²) in [5, 5.41) is 3.10. The van der Waals surface area contributed by atoms with Gasteiger partial charge in [0.2, 0.25) is 5.91 Å². The molecule has 1 heterocycles. The van der Waals surface area contributed by atoms with Crippen LogP contribution in [0.4, 0.5) is 5.13 Å². The molecule has 0 aliphatic heterocycles. The van der Waals surface area contributed by atoms with Crippen molar-refractivity contribution in [1.29, 1.82) is 0 Å². The van der Waals surface area contributed by atoms with Crippen LogP contribution >= 0.6 is 11.3 Å². The van der Waals surface area contributed by atoms with Gasteiger partial charge in [0.1, 0.15) is 5.75 Å². The molecule has 24 heavy (non-hydrogen) atoms. The van der Waals surface area contributed by atoms with Crippen molar-refractivity contribution >= 4 is 34.2 Å². The zero-order valence-electron chi connectivity index (χ0n) is 14.0. The smallest absolute Gasteiger partial charge is 0.250 e. The summed E-state index contributed by atoms with van der Waals surface area (Å²) in [5.41, 5.74) is 1.53. The normalized spacial score (nSPS) is 10.8. The molecule has 0 saturated carbocycles. The SMILES string of the molecule is CCCOc1ccc(/C=C/C(=O)Nc2nc(C)c(C(C)=O)s2)cc1. The lowest BCUT2D eigenvalue weighted by molar-refractivity contribution is -0.111. The molecule has 1 N–H and O–H groups in total. The molecule has 1 aromatic heterocycles. The first-order valence-electron chi connectivity index (χ1n) is 7.70. The van der Waals surface area contributed by atoms with E-state index in [0.717, 1.165) is 17.7 Å². The van der Waals surface area contributed by atoms with E-state index in [1.165, 1.54) is 24.3 Å². The molecule has 0 fully saturated rings. The summed E-state index contributed by atoms with van der Waals surface area (Å²) in [6, 6.07) is 7.51. The molecule has 0 atom stereocenters. The van der Waals surface area contributed by atoms with Crippen LogP contribution in [0.2, 0.25) is 0 Å². The topological polar surface area (TPSA) is 68.3 Å². The van der Waals surface area contributed by atoms with E-state index in [4.69, 9.17) is 4.74 Å². The van der Waals surface area contributed by atoms with E-state index in [2.05, 4.69) is 17.2 Å². The number of ether oxygens (including phenoxy) is 1. The number of ketones is 1. The zero-order chi connectivity index (χ0) is 17.5. The fraction of sp³-hybridized carbons (Fsp3) is 0.278. The Morgan fingerprint density at radius 3 is 2.58 bits per heavy atom. The lowest BCUT2D eigenvalue weighted by Crippen LogP contribution is -2.07. The van der Waals surface area contributed by atoms with Crippen LogP contribution in [0.3, 0.4) is 0 Å². The fourth-order valence-electron chi connectivity index (χ4n) is 1.99. The maximum Gasteiger partial charge on any atom is 0.250 e. The van der Waals surface area contributed by atoms with Gasteiger partial charge >= 0.3 is 0 Å². The maximum atomic E-state index is 11.9. The van der Waals surface area contributed by atoms with Gasteiger partial charge in [0.15, 0.2) is 10.9 Å². The molecule has 0 radical (unpaired) electrons. The van der Waals surface area contributed by atoms with Crippen LogP contribution < -0.4 is 10.1 Å². The van der Waals surface area contributed by atoms with Crippen LogP contribution in [0, 0.1) is 6.92 Å². The van der Waals surface area contributed by atoms with Crippen molar-refractivity contribution in [3.63, 3.8) is 0 Å². The van der Waals surface area contributed by atoms with Crippen molar-refractivity contribution in [3.8, 4) is 5.75 Å². The fourth-order valence-corrected chi connectivity index (χ4v) is 2.86. The first-order chi connectivity index (χ1) is 11.5. The molecule has 0 spiro atoms. The Morgan fingerprint density at radius 1 is 1.29 bits per heavy atom. The maximum absolute atomic E-state index is 11.9. The molecular formula is C18H20N2O3S. The molecule has 0 bridgehead atoms. The summed E-state index contributed by atoms with van der Waals surface area (Å²) < 4.78 is 5.51. The Bertz CT molecular complexity index is 748. The predicted octanol–water partition coefficient (Wildman–Crippen LogP) is 4.09. The first-order valence-corrected chi connectivity index (χ1v) is 8.51. The van der Waals surface area contributed by atoms with E-state index in [-0.39, 0.29) is 11.7 Å². The molecule has 0 aliphatic carbocycles. The van der Waals surface area contributed by atoms with E-state index >= 15 is 0 Å². The minimum atomic E-state index is -0.287. The molecule has 2 rings (SSSR count). The quantitative estimate of drug-likeness (QED) is 0.606.